The summed E-state index contributed by atoms with van der Waals surface area (Å²) in [5, 5.41) is 22.3. The Morgan fingerprint density at radius 2 is 0.927 bits per heavy atom. The first-order valence-electron chi connectivity index (χ1n) is 13.4. The summed E-state index contributed by atoms with van der Waals surface area (Å²) in [6.07, 6.45) is 2.64. The molecule has 2 unspecified atom stereocenters. The number of aromatic nitrogens is 2. The summed E-state index contributed by atoms with van der Waals surface area (Å²) in [6, 6.07) is 24.9. The van der Waals surface area contributed by atoms with Gasteiger partial charge in [-0.1, -0.05) is 60.7 Å². The molecule has 6 rings (SSSR count). The van der Waals surface area contributed by atoms with Crippen LogP contribution in [0.15, 0.2) is 84.9 Å². The number of carboxylic acids is 2. The Labute approximate surface area is 267 Å². The van der Waals surface area contributed by atoms with E-state index < -0.39 is 23.8 Å². The molecule has 41 heavy (non-hydrogen) atoms. The standard InChI is InChI=1S/2C16H15NO3.Ca/c2*18-15(11-5-2-1-3-6-11)14-9-8-13-12(16(19)20)7-4-10-17(13)14;/h2*1-3,5-6,8-9,12H,4,7,10H2,(H,19,20);/q;;+2/p-2. The van der Waals surface area contributed by atoms with Crippen molar-refractivity contribution in [2.24, 2.45) is 0 Å². The molecule has 2 aliphatic heterocycles. The van der Waals surface area contributed by atoms with Crippen molar-refractivity contribution in [1.82, 2.24) is 9.13 Å². The summed E-state index contributed by atoms with van der Waals surface area (Å²) < 4.78 is 3.64. The molecular formula is C32H28CaN2O6. The Hall–Kier alpha value is -3.46. The molecular weight excluding hydrogens is 548 g/mol. The zero-order valence-corrected chi connectivity index (χ0v) is 24.7. The molecule has 9 heteroatoms. The molecule has 0 spiro atoms. The van der Waals surface area contributed by atoms with Crippen LogP contribution in [0.3, 0.4) is 0 Å². The Bertz CT molecular complexity index is 1440. The maximum Gasteiger partial charge on any atom is 2.00 e. The van der Waals surface area contributed by atoms with Gasteiger partial charge in [0.25, 0.3) is 0 Å². The van der Waals surface area contributed by atoms with Gasteiger partial charge in [-0.2, -0.15) is 0 Å². The van der Waals surface area contributed by atoms with Gasteiger partial charge in [0.1, 0.15) is 0 Å². The Kier molecular flexibility index (Phi) is 10.0. The van der Waals surface area contributed by atoms with E-state index >= 15 is 0 Å². The van der Waals surface area contributed by atoms with Crippen LogP contribution in [0.4, 0.5) is 0 Å². The number of benzene rings is 2. The van der Waals surface area contributed by atoms with Crippen molar-refractivity contribution in [3.05, 3.63) is 119 Å². The van der Waals surface area contributed by atoms with Crippen molar-refractivity contribution >= 4 is 61.2 Å². The van der Waals surface area contributed by atoms with Gasteiger partial charge in [-0.05, 0) is 49.9 Å². The molecule has 204 valence electrons. The average Bonchev–Trinajstić information content (AvgIpc) is 3.62. The van der Waals surface area contributed by atoms with Crippen LogP contribution in [0, 0.1) is 0 Å². The molecule has 0 N–H and O–H groups in total. The van der Waals surface area contributed by atoms with Crippen molar-refractivity contribution < 1.29 is 29.4 Å². The second-order valence-corrected chi connectivity index (χ2v) is 10.0. The van der Waals surface area contributed by atoms with Crippen LogP contribution in [0.1, 0.15) is 81.0 Å². The van der Waals surface area contributed by atoms with Gasteiger partial charge in [-0.25, -0.2) is 0 Å². The number of carbonyl (C=O) groups excluding carboxylic acids is 4. The first-order valence-corrected chi connectivity index (χ1v) is 13.4. The Balaban J connectivity index is 0.000000184. The zero-order valence-electron chi connectivity index (χ0n) is 22.5. The molecule has 4 aromatic rings. The van der Waals surface area contributed by atoms with E-state index in [4.69, 9.17) is 0 Å². The van der Waals surface area contributed by atoms with Crippen molar-refractivity contribution in [2.45, 2.75) is 50.6 Å². The van der Waals surface area contributed by atoms with Crippen LogP contribution in [0.25, 0.3) is 0 Å². The smallest absolute Gasteiger partial charge is 0.549 e. The number of aliphatic carboxylic acids is 2. The summed E-state index contributed by atoms with van der Waals surface area (Å²) in [5.74, 6) is -3.50. The second kappa shape index (κ2) is 13.5. The van der Waals surface area contributed by atoms with E-state index in [0.717, 1.165) is 12.8 Å². The van der Waals surface area contributed by atoms with Crippen molar-refractivity contribution in [3.63, 3.8) is 0 Å². The minimum absolute atomic E-state index is 0. The van der Waals surface area contributed by atoms with Gasteiger partial charge in [0.05, 0.1) is 23.3 Å². The van der Waals surface area contributed by atoms with E-state index in [0.29, 0.717) is 59.8 Å². The quantitative estimate of drug-likeness (QED) is 0.256. The molecule has 2 aliphatic rings. The fourth-order valence-electron chi connectivity index (χ4n) is 5.63. The predicted octanol–water partition coefficient (Wildman–Crippen LogP) is 2.31. The third-order valence-electron chi connectivity index (χ3n) is 7.60. The maximum atomic E-state index is 12.5. The minimum atomic E-state index is -1.07. The summed E-state index contributed by atoms with van der Waals surface area (Å²) >= 11 is 0. The Morgan fingerprint density at radius 1 is 0.561 bits per heavy atom. The molecule has 2 atom stereocenters. The van der Waals surface area contributed by atoms with Crippen molar-refractivity contribution in [1.29, 1.82) is 0 Å². The van der Waals surface area contributed by atoms with Gasteiger partial charge in [0, 0.05) is 47.4 Å². The number of carbonyl (C=O) groups is 4. The number of ketones is 2. The van der Waals surface area contributed by atoms with E-state index in [1.807, 2.05) is 45.5 Å². The van der Waals surface area contributed by atoms with Crippen LogP contribution in [-0.4, -0.2) is 70.4 Å². The SMILES string of the molecule is O=C(c1ccccc1)c1ccc2n1CCCC2C(=O)[O-].O=C(c1ccccc1)c1ccc2n1CCCC2C(=O)[O-].[Ca+2]. The molecule has 4 heterocycles. The van der Waals surface area contributed by atoms with Crippen molar-refractivity contribution in [3.8, 4) is 0 Å². The van der Waals surface area contributed by atoms with E-state index in [9.17, 15) is 29.4 Å². The van der Waals surface area contributed by atoms with Gasteiger partial charge in [-0.3, -0.25) is 9.59 Å². The van der Waals surface area contributed by atoms with Gasteiger partial charge < -0.3 is 28.9 Å². The molecule has 8 nitrogen and oxygen atoms in total. The number of rotatable bonds is 6. The van der Waals surface area contributed by atoms with E-state index in [-0.39, 0.29) is 49.3 Å². The van der Waals surface area contributed by atoms with Crippen LogP contribution < -0.4 is 10.2 Å². The third kappa shape index (κ3) is 6.40. The molecule has 0 saturated carbocycles. The van der Waals surface area contributed by atoms with Gasteiger partial charge >= 0.3 is 37.7 Å². The Morgan fingerprint density at radius 3 is 1.27 bits per heavy atom. The fourth-order valence-corrected chi connectivity index (χ4v) is 5.63. The summed E-state index contributed by atoms with van der Waals surface area (Å²) in [7, 11) is 0. The summed E-state index contributed by atoms with van der Waals surface area (Å²) in [5.41, 5.74) is 3.69. The van der Waals surface area contributed by atoms with Crippen molar-refractivity contribution in [2.75, 3.05) is 0 Å². The number of fused-ring (bicyclic) bond motifs is 2. The van der Waals surface area contributed by atoms with Crippen LogP contribution >= 0.6 is 0 Å². The minimum Gasteiger partial charge on any atom is -0.549 e. The topological polar surface area (TPSA) is 124 Å². The van der Waals surface area contributed by atoms with Crippen LogP contribution in [-0.2, 0) is 22.7 Å². The molecule has 2 aromatic heterocycles. The maximum absolute atomic E-state index is 12.5. The second-order valence-electron chi connectivity index (χ2n) is 10.0. The first-order chi connectivity index (χ1) is 19.4. The zero-order chi connectivity index (χ0) is 28.2. The fraction of sp³-hybridized carbons (Fsp3) is 0.250. The number of hydrogen-bond acceptors (Lipinski definition) is 6. The third-order valence-corrected chi connectivity index (χ3v) is 7.60. The van der Waals surface area contributed by atoms with Gasteiger partial charge in [-0.15, -0.1) is 0 Å². The normalized spacial score (nSPS) is 17.1. The average molecular weight is 577 g/mol. The monoisotopic (exact) mass is 576 g/mol. The molecule has 0 radical (unpaired) electrons. The number of carboxylic acid groups (broad SMARTS) is 2. The molecule has 2 aromatic carbocycles. The van der Waals surface area contributed by atoms with Crippen LogP contribution in [0.5, 0.6) is 0 Å². The molecule has 0 aliphatic carbocycles. The van der Waals surface area contributed by atoms with E-state index in [2.05, 4.69) is 0 Å². The number of hydrogen-bond donors (Lipinski definition) is 0. The molecule has 0 fully saturated rings. The van der Waals surface area contributed by atoms with E-state index in [1.165, 1.54) is 0 Å². The summed E-state index contributed by atoms with van der Waals surface area (Å²) in [6.45, 7) is 1.36. The largest absolute Gasteiger partial charge is 2.00 e. The van der Waals surface area contributed by atoms with Gasteiger partial charge in [0.15, 0.2) is 0 Å². The van der Waals surface area contributed by atoms with Crippen LogP contribution in [0.2, 0.25) is 0 Å². The predicted molar refractivity (Wildman–Crippen MR) is 148 cm³/mol. The molecule has 0 bridgehead atoms. The molecule has 0 saturated heterocycles. The number of nitrogens with zero attached hydrogens (tertiary/aromatic N) is 2. The molecule has 0 amide bonds. The first kappa shape index (κ1) is 30.5. The van der Waals surface area contributed by atoms with Gasteiger partial charge in [0.2, 0.25) is 11.6 Å². The summed E-state index contributed by atoms with van der Waals surface area (Å²) in [4.78, 5) is 47.3. The van der Waals surface area contributed by atoms with E-state index in [1.54, 1.807) is 48.5 Å².